The number of nitro benzene ring substituents is 1. The summed E-state index contributed by atoms with van der Waals surface area (Å²) >= 11 is 0. The Hall–Kier alpha value is -4.04. The summed E-state index contributed by atoms with van der Waals surface area (Å²) in [5.74, 6) is -3.12. The van der Waals surface area contributed by atoms with Crippen LogP contribution in [-0.4, -0.2) is 22.5 Å². The van der Waals surface area contributed by atoms with Crippen molar-refractivity contribution in [1.29, 1.82) is 0 Å². The normalized spacial score (nSPS) is 19.8. The van der Waals surface area contributed by atoms with Gasteiger partial charge in [0, 0.05) is 19.1 Å². The molecule has 1 aliphatic heterocycles. The fraction of sp³-hybridized carbons (Fsp3) is 0.200. The average Bonchev–Trinajstić information content (AvgIpc) is 3.21. The topological polar surface area (TPSA) is 99.0 Å². The van der Waals surface area contributed by atoms with Gasteiger partial charge in [0.05, 0.1) is 28.6 Å². The molecular weight excluding hydrogens is 424 g/mol. The summed E-state index contributed by atoms with van der Waals surface area (Å²) in [5, 5.41) is 12.5. The van der Waals surface area contributed by atoms with Crippen LogP contribution in [-0.2, 0) is 14.4 Å². The highest BCUT2D eigenvalue weighted by Crippen LogP contribution is 2.44. The van der Waals surface area contributed by atoms with Gasteiger partial charge < -0.3 is 4.74 Å². The van der Waals surface area contributed by atoms with Gasteiger partial charge in [-0.15, -0.1) is 0 Å². The van der Waals surface area contributed by atoms with Gasteiger partial charge in [-0.25, -0.2) is 14.7 Å². The Morgan fingerprint density at radius 3 is 2.24 bits per heavy atom. The second-order valence-corrected chi connectivity index (χ2v) is 7.89. The number of hydrogen-bond acceptors (Lipinski definition) is 7. The number of anilines is 1. The van der Waals surface area contributed by atoms with Crippen LogP contribution in [0.2, 0.25) is 0 Å². The number of ketones is 1. The highest BCUT2D eigenvalue weighted by Gasteiger charge is 2.53. The Labute approximate surface area is 190 Å². The number of nitro groups is 1. The first kappa shape index (κ1) is 22.2. The number of Topliss-reactive ketones (excluding diaryl/α,β-unsaturated/α-hetero) is 1. The van der Waals surface area contributed by atoms with E-state index in [-0.39, 0.29) is 23.7 Å². The van der Waals surface area contributed by atoms with Gasteiger partial charge in [0.25, 0.3) is 11.5 Å². The molecule has 1 aliphatic rings. The summed E-state index contributed by atoms with van der Waals surface area (Å²) in [6, 6.07) is 21.7. The summed E-state index contributed by atoms with van der Waals surface area (Å²) in [6.07, 6.45) is 0.0824. The smallest absolute Gasteiger partial charge is 0.341 e. The fourth-order valence-corrected chi connectivity index (χ4v) is 3.71. The van der Waals surface area contributed by atoms with E-state index in [1.54, 1.807) is 5.06 Å². The molecule has 1 saturated heterocycles. The third-order valence-electron chi connectivity index (χ3n) is 5.57. The number of benzene rings is 3. The van der Waals surface area contributed by atoms with Gasteiger partial charge in [-0.2, -0.15) is 0 Å². The first-order valence-corrected chi connectivity index (χ1v) is 10.4. The number of carbonyl (C=O) groups excluding carboxylic acids is 2. The molecule has 4 rings (SSSR count). The Bertz CT molecular complexity index is 1180. The highest BCUT2D eigenvalue weighted by atomic mass is 16.8. The lowest BCUT2D eigenvalue weighted by atomic mass is 9.96. The summed E-state index contributed by atoms with van der Waals surface area (Å²) in [7, 11) is 0. The van der Waals surface area contributed by atoms with E-state index in [0.717, 1.165) is 11.1 Å². The molecule has 8 heteroatoms. The number of rotatable bonds is 6. The number of para-hydroxylation sites is 1. The molecule has 33 heavy (non-hydrogen) atoms. The number of nitrogens with zero attached hydrogens (tertiary/aromatic N) is 2. The van der Waals surface area contributed by atoms with Gasteiger partial charge in [0.1, 0.15) is 0 Å². The average molecular weight is 446 g/mol. The molecule has 0 aromatic heterocycles. The summed E-state index contributed by atoms with van der Waals surface area (Å²) in [6.45, 7) is 3.29. The van der Waals surface area contributed by atoms with Crippen molar-refractivity contribution in [3.63, 3.8) is 0 Å². The molecule has 0 amide bonds. The SMILES string of the molecule is CC(=O)[C@]1(OC(=O)c2ccc([N+](=O)[O-])cc2)C[C@H](c2ccc(C)cc2)N(c2ccccc2)O1. The molecule has 0 N–H and O–H groups in total. The summed E-state index contributed by atoms with van der Waals surface area (Å²) < 4.78 is 5.65. The van der Waals surface area contributed by atoms with Crippen molar-refractivity contribution in [2.24, 2.45) is 0 Å². The lowest BCUT2D eigenvalue weighted by molar-refractivity contribution is -0.384. The van der Waals surface area contributed by atoms with Crippen LogP contribution >= 0.6 is 0 Å². The van der Waals surface area contributed by atoms with Crippen LogP contribution in [0.15, 0.2) is 78.9 Å². The molecule has 0 unspecified atom stereocenters. The van der Waals surface area contributed by atoms with Crippen molar-refractivity contribution in [3.8, 4) is 0 Å². The van der Waals surface area contributed by atoms with Crippen molar-refractivity contribution in [2.45, 2.75) is 32.1 Å². The Morgan fingerprint density at radius 2 is 1.67 bits per heavy atom. The molecular formula is C25H22N2O6. The van der Waals surface area contributed by atoms with Crippen LogP contribution in [0.3, 0.4) is 0 Å². The number of hydroxylamine groups is 1. The maximum atomic E-state index is 12.9. The van der Waals surface area contributed by atoms with Crippen molar-refractivity contribution < 1.29 is 24.1 Å². The number of non-ortho nitro benzene ring substituents is 1. The van der Waals surface area contributed by atoms with E-state index >= 15 is 0 Å². The number of aryl methyl sites for hydroxylation is 1. The zero-order valence-corrected chi connectivity index (χ0v) is 18.1. The molecule has 2 atom stereocenters. The molecule has 3 aromatic carbocycles. The van der Waals surface area contributed by atoms with E-state index in [0.29, 0.717) is 5.69 Å². The second-order valence-electron chi connectivity index (χ2n) is 7.89. The molecule has 0 bridgehead atoms. The molecule has 0 spiro atoms. The first-order valence-electron chi connectivity index (χ1n) is 10.4. The van der Waals surface area contributed by atoms with E-state index in [1.807, 2.05) is 61.5 Å². The molecule has 8 nitrogen and oxygen atoms in total. The molecule has 1 heterocycles. The van der Waals surface area contributed by atoms with Crippen LogP contribution in [0.1, 0.15) is 40.9 Å². The fourth-order valence-electron chi connectivity index (χ4n) is 3.71. The van der Waals surface area contributed by atoms with Gasteiger partial charge in [0.15, 0.2) is 0 Å². The molecule has 3 aromatic rings. The Morgan fingerprint density at radius 1 is 1.03 bits per heavy atom. The van der Waals surface area contributed by atoms with Crippen LogP contribution < -0.4 is 5.06 Å². The monoisotopic (exact) mass is 446 g/mol. The van der Waals surface area contributed by atoms with Crippen molar-refractivity contribution in [1.82, 2.24) is 0 Å². The van der Waals surface area contributed by atoms with Gasteiger partial charge in [-0.1, -0.05) is 48.0 Å². The second kappa shape index (κ2) is 8.84. The first-order chi connectivity index (χ1) is 15.8. The third kappa shape index (κ3) is 4.47. The molecule has 0 saturated carbocycles. The van der Waals surface area contributed by atoms with Gasteiger partial charge in [0.2, 0.25) is 5.78 Å². The molecule has 1 fully saturated rings. The van der Waals surface area contributed by atoms with E-state index in [4.69, 9.17) is 9.57 Å². The van der Waals surface area contributed by atoms with E-state index < -0.39 is 22.5 Å². The Balaban J connectivity index is 1.68. The minimum absolute atomic E-state index is 0.0786. The minimum atomic E-state index is -1.84. The quantitative estimate of drug-likeness (QED) is 0.301. The van der Waals surface area contributed by atoms with E-state index in [1.165, 1.54) is 31.2 Å². The van der Waals surface area contributed by atoms with Crippen LogP contribution in [0.5, 0.6) is 0 Å². The van der Waals surface area contributed by atoms with Crippen LogP contribution in [0, 0.1) is 17.0 Å². The predicted molar refractivity (Wildman–Crippen MR) is 120 cm³/mol. The van der Waals surface area contributed by atoms with E-state index in [9.17, 15) is 19.7 Å². The van der Waals surface area contributed by atoms with Crippen molar-refractivity contribution in [2.75, 3.05) is 5.06 Å². The lowest BCUT2D eigenvalue weighted by Gasteiger charge is -2.27. The largest absolute Gasteiger partial charge is 0.419 e. The molecule has 168 valence electrons. The number of carbonyl (C=O) groups is 2. The van der Waals surface area contributed by atoms with Gasteiger partial charge >= 0.3 is 5.97 Å². The zero-order valence-electron chi connectivity index (χ0n) is 18.1. The summed E-state index contributed by atoms with van der Waals surface area (Å²) in [5.41, 5.74) is 2.62. The van der Waals surface area contributed by atoms with Crippen LogP contribution in [0.25, 0.3) is 0 Å². The number of hydrogen-bond donors (Lipinski definition) is 0. The van der Waals surface area contributed by atoms with Gasteiger partial charge in [-0.05, 0) is 36.8 Å². The highest BCUT2D eigenvalue weighted by molar-refractivity contribution is 5.94. The third-order valence-corrected chi connectivity index (χ3v) is 5.57. The zero-order chi connectivity index (χ0) is 23.6. The van der Waals surface area contributed by atoms with E-state index in [2.05, 4.69) is 0 Å². The number of esters is 1. The van der Waals surface area contributed by atoms with Crippen molar-refractivity contribution >= 4 is 23.1 Å². The molecule has 0 radical (unpaired) electrons. The minimum Gasteiger partial charge on any atom is -0.419 e. The van der Waals surface area contributed by atoms with Crippen LogP contribution in [0.4, 0.5) is 11.4 Å². The predicted octanol–water partition coefficient (Wildman–Crippen LogP) is 4.93. The maximum Gasteiger partial charge on any atom is 0.341 e. The van der Waals surface area contributed by atoms with Gasteiger partial charge in [-0.3, -0.25) is 14.9 Å². The summed E-state index contributed by atoms with van der Waals surface area (Å²) in [4.78, 5) is 42.1. The number of ether oxygens (including phenoxy) is 1. The maximum absolute atomic E-state index is 12.9. The lowest BCUT2D eigenvalue weighted by Crippen LogP contribution is -2.43. The molecule has 0 aliphatic carbocycles. The standard InChI is InChI=1S/C25H22N2O6/c1-17-8-10-19(11-9-17)23-16-25(18(2)28,33-26(23)21-6-4-3-5-7-21)32-24(29)20-12-14-22(15-13-20)27(30)31/h3-15,23H,16H2,1-2H3/t23-,25+/m1/s1. The van der Waals surface area contributed by atoms with Crippen molar-refractivity contribution in [3.05, 3.63) is 106 Å². The Kier molecular flexibility index (Phi) is 5.93.